The van der Waals surface area contributed by atoms with Crippen LogP contribution in [0.1, 0.15) is 22.7 Å². The van der Waals surface area contributed by atoms with Gasteiger partial charge in [-0.1, -0.05) is 18.2 Å². The van der Waals surface area contributed by atoms with Crippen molar-refractivity contribution in [1.82, 2.24) is 5.32 Å². The molecule has 3 heteroatoms. The normalized spacial score (nSPS) is 12.4. The average Bonchev–Trinajstić information content (AvgIpc) is 2.31. The fraction of sp³-hybridized carbons (Fsp3) is 0.200. The maximum Gasteiger partial charge on any atom is 0.123 e. The van der Waals surface area contributed by atoms with E-state index in [1.165, 1.54) is 24.3 Å². The van der Waals surface area contributed by atoms with Crippen LogP contribution in [-0.2, 0) is 0 Å². The van der Waals surface area contributed by atoms with Crippen LogP contribution in [0.3, 0.4) is 0 Å². The fourth-order valence-corrected chi connectivity index (χ4v) is 2.11. The van der Waals surface area contributed by atoms with Gasteiger partial charge in [-0.25, -0.2) is 8.78 Å². The second-order valence-electron chi connectivity index (χ2n) is 4.34. The van der Waals surface area contributed by atoms with Crippen molar-refractivity contribution in [3.05, 3.63) is 70.8 Å². The second kappa shape index (κ2) is 5.27. The highest BCUT2D eigenvalue weighted by molar-refractivity contribution is 5.34. The molecule has 0 bridgehead atoms. The molecule has 0 fully saturated rings. The van der Waals surface area contributed by atoms with E-state index < -0.39 is 0 Å². The number of rotatable bonds is 3. The van der Waals surface area contributed by atoms with E-state index in [9.17, 15) is 8.78 Å². The highest BCUT2D eigenvalue weighted by Crippen LogP contribution is 2.23. The van der Waals surface area contributed by atoms with Crippen LogP contribution < -0.4 is 5.32 Å². The topological polar surface area (TPSA) is 12.0 Å². The molecule has 1 unspecified atom stereocenters. The van der Waals surface area contributed by atoms with E-state index in [1.54, 1.807) is 19.2 Å². The number of nitrogens with one attached hydrogen (secondary N) is 1. The summed E-state index contributed by atoms with van der Waals surface area (Å²) >= 11 is 0. The maximum absolute atomic E-state index is 13.4. The molecule has 0 aliphatic rings. The minimum Gasteiger partial charge on any atom is -0.309 e. The van der Waals surface area contributed by atoms with Gasteiger partial charge in [0, 0.05) is 0 Å². The van der Waals surface area contributed by atoms with Crippen molar-refractivity contribution in [3.8, 4) is 0 Å². The Morgan fingerprint density at radius 1 is 0.889 bits per heavy atom. The van der Waals surface area contributed by atoms with Gasteiger partial charge >= 0.3 is 0 Å². The largest absolute Gasteiger partial charge is 0.309 e. The van der Waals surface area contributed by atoms with Crippen molar-refractivity contribution in [2.24, 2.45) is 0 Å². The lowest BCUT2D eigenvalue weighted by Gasteiger charge is -2.18. The van der Waals surface area contributed by atoms with Crippen LogP contribution in [0.15, 0.2) is 42.5 Å². The van der Waals surface area contributed by atoms with Crippen LogP contribution in [0, 0.1) is 18.6 Å². The third kappa shape index (κ3) is 2.74. The van der Waals surface area contributed by atoms with Gasteiger partial charge in [-0.15, -0.1) is 0 Å². The summed E-state index contributed by atoms with van der Waals surface area (Å²) in [5, 5.41) is 3.12. The number of hydrogen-bond acceptors (Lipinski definition) is 1. The van der Waals surface area contributed by atoms with E-state index in [0.717, 1.165) is 16.7 Å². The van der Waals surface area contributed by atoms with Crippen LogP contribution in [-0.4, -0.2) is 7.05 Å². The first-order valence-electron chi connectivity index (χ1n) is 5.80. The molecule has 0 saturated heterocycles. The zero-order valence-electron chi connectivity index (χ0n) is 10.4. The van der Waals surface area contributed by atoms with Crippen molar-refractivity contribution >= 4 is 0 Å². The summed E-state index contributed by atoms with van der Waals surface area (Å²) in [6.07, 6.45) is 0. The fourth-order valence-electron chi connectivity index (χ4n) is 2.11. The first-order chi connectivity index (χ1) is 8.60. The lowest BCUT2D eigenvalue weighted by Crippen LogP contribution is -2.18. The molecular formula is C15H15F2N. The van der Waals surface area contributed by atoms with Crippen molar-refractivity contribution in [2.75, 3.05) is 7.05 Å². The quantitative estimate of drug-likeness (QED) is 0.874. The van der Waals surface area contributed by atoms with Gasteiger partial charge in [0.05, 0.1) is 6.04 Å². The number of halogens is 2. The summed E-state index contributed by atoms with van der Waals surface area (Å²) in [6.45, 7) is 1.85. The van der Waals surface area contributed by atoms with E-state index in [1.807, 2.05) is 13.0 Å². The Bertz CT molecular complexity index is 514. The maximum atomic E-state index is 13.4. The molecule has 1 N–H and O–H groups in total. The highest BCUT2D eigenvalue weighted by atomic mass is 19.1. The Labute approximate surface area is 105 Å². The van der Waals surface area contributed by atoms with Gasteiger partial charge in [-0.3, -0.25) is 0 Å². The monoisotopic (exact) mass is 247 g/mol. The molecule has 0 heterocycles. The van der Waals surface area contributed by atoms with Crippen LogP contribution in [0.4, 0.5) is 8.78 Å². The lowest BCUT2D eigenvalue weighted by atomic mass is 9.97. The second-order valence-corrected chi connectivity index (χ2v) is 4.34. The van der Waals surface area contributed by atoms with Crippen LogP contribution in [0.25, 0.3) is 0 Å². The first kappa shape index (κ1) is 12.7. The molecule has 2 aromatic carbocycles. The minimum atomic E-state index is -0.274. The molecule has 2 aromatic rings. The van der Waals surface area contributed by atoms with Crippen molar-refractivity contribution in [2.45, 2.75) is 13.0 Å². The zero-order valence-corrected chi connectivity index (χ0v) is 10.4. The van der Waals surface area contributed by atoms with E-state index in [0.29, 0.717) is 0 Å². The third-order valence-corrected chi connectivity index (χ3v) is 2.89. The summed E-state index contributed by atoms with van der Waals surface area (Å²) in [5.74, 6) is -0.531. The van der Waals surface area contributed by atoms with Gasteiger partial charge in [0.25, 0.3) is 0 Å². The Hall–Kier alpha value is -1.74. The summed E-state index contributed by atoms with van der Waals surface area (Å²) in [4.78, 5) is 0. The van der Waals surface area contributed by atoms with Crippen LogP contribution >= 0.6 is 0 Å². The molecule has 0 aliphatic heterocycles. The molecule has 2 rings (SSSR count). The number of aryl methyl sites for hydroxylation is 1. The molecule has 0 aromatic heterocycles. The molecular weight excluding hydrogens is 232 g/mol. The molecule has 1 nitrogen and oxygen atoms in total. The Kier molecular flexibility index (Phi) is 3.72. The average molecular weight is 247 g/mol. The minimum absolute atomic E-state index is 0.139. The van der Waals surface area contributed by atoms with Gasteiger partial charge in [0.15, 0.2) is 0 Å². The van der Waals surface area contributed by atoms with E-state index in [4.69, 9.17) is 0 Å². The van der Waals surface area contributed by atoms with Crippen molar-refractivity contribution in [3.63, 3.8) is 0 Å². The Morgan fingerprint density at radius 3 is 2.11 bits per heavy atom. The number of benzene rings is 2. The zero-order chi connectivity index (χ0) is 13.1. The Morgan fingerprint density at radius 2 is 1.56 bits per heavy atom. The van der Waals surface area contributed by atoms with Crippen LogP contribution in [0.5, 0.6) is 0 Å². The molecule has 18 heavy (non-hydrogen) atoms. The van der Waals surface area contributed by atoms with Crippen molar-refractivity contribution < 1.29 is 8.78 Å². The molecule has 1 atom stereocenters. The molecule has 0 radical (unpaired) electrons. The first-order valence-corrected chi connectivity index (χ1v) is 5.80. The molecule has 0 spiro atoms. The summed E-state index contributed by atoms with van der Waals surface area (Å²) in [5.41, 5.74) is 2.61. The van der Waals surface area contributed by atoms with E-state index in [-0.39, 0.29) is 17.7 Å². The van der Waals surface area contributed by atoms with E-state index in [2.05, 4.69) is 5.32 Å². The van der Waals surface area contributed by atoms with Gasteiger partial charge < -0.3 is 5.32 Å². The summed E-state index contributed by atoms with van der Waals surface area (Å²) < 4.78 is 26.3. The predicted molar refractivity (Wildman–Crippen MR) is 68.4 cm³/mol. The molecule has 0 aliphatic carbocycles. The van der Waals surface area contributed by atoms with E-state index >= 15 is 0 Å². The summed E-state index contributed by atoms with van der Waals surface area (Å²) in [6, 6.07) is 11.0. The van der Waals surface area contributed by atoms with Gasteiger partial charge in [-0.2, -0.15) is 0 Å². The van der Waals surface area contributed by atoms with Gasteiger partial charge in [0.2, 0.25) is 0 Å². The predicted octanol–water partition coefficient (Wildman–Crippen LogP) is 3.58. The third-order valence-electron chi connectivity index (χ3n) is 2.89. The standard InChI is InChI=1S/C15H15F2N/c1-10-7-12(9-14(17)8-10)15(18-2)11-3-5-13(16)6-4-11/h3-9,15,18H,1-2H3. The SMILES string of the molecule is CNC(c1ccc(F)cc1)c1cc(C)cc(F)c1. The van der Waals surface area contributed by atoms with Crippen LogP contribution in [0.2, 0.25) is 0 Å². The molecule has 0 amide bonds. The van der Waals surface area contributed by atoms with Gasteiger partial charge in [0.1, 0.15) is 11.6 Å². The Balaban J connectivity index is 2.41. The molecule has 94 valence electrons. The summed E-state index contributed by atoms with van der Waals surface area (Å²) in [7, 11) is 1.80. The van der Waals surface area contributed by atoms with Crippen molar-refractivity contribution in [1.29, 1.82) is 0 Å². The van der Waals surface area contributed by atoms with Gasteiger partial charge in [-0.05, 0) is 54.9 Å². The molecule has 0 saturated carbocycles. The highest BCUT2D eigenvalue weighted by Gasteiger charge is 2.13. The lowest BCUT2D eigenvalue weighted by molar-refractivity contribution is 0.612. The smallest absolute Gasteiger partial charge is 0.123 e. The number of hydrogen-bond donors (Lipinski definition) is 1.